The average Bonchev–Trinajstić information content (AvgIpc) is 2.78. The van der Waals surface area contributed by atoms with Gasteiger partial charge in [-0.05, 0) is 13.0 Å². The van der Waals surface area contributed by atoms with Crippen molar-refractivity contribution in [2.75, 3.05) is 6.61 Å². The number of nitrogens with zero attached hydrogens (tertiary/aromatic N) is 1. The van der Waals surface area contributed by atoms with Crippen LogP contribution in [0.15, 0.2) is 65.7 Å². The van der Waals surface area contributed by atoms with Crippen LogP contribution in [-0.2, 0) is 14.3 Å². The fourth-order valence-electron chi connectivity index (χ4n) is 2.94. The van der Waals surface area contributed by atoms with E-state index in [0.29, 0.717) is 11.6 Å². The van der Waals surface area contributed by atoms with E-state index in [2.05, 4.69) is 0 Å². The lowest BCUT2D eigenvalue weighted by molar-refractivity contribution is -0.119. The predicted molar refractivity (Wildman–Crippen MR) is 97.0 cm³/mol. The number of benzene rings is 2. The highest BCUT2D eigenvalue weighted by molar-refractivity contribution is 6.06. The van der Waals surface area contributed by atoms with Crippen LogP contribution in [0, 0.1) is 23.0 Å². The number of carbonyl (C=O) groups is 1. The van der Waals surface area contributed by atoms with Gasteiger partial charge >= 0.3 is 0 Å². The van der Waals surface area contributed by atoms with Crippen LogP contribution in [0.4, 0.5) is 8.78 Å². The maximum Gasteiger partial charge on any atom is 0.214 e. The van der Waals surface area contributed by atoms with Gasteiger partial charge in [0, 0.05) is 17.2 Å². The van der Waals surface area contributed by atoms with Crippen molar-refractivity contribution in [3.63, 3.8) is 0 Å². The van der Waals surface area contributed by atoms with E-state index in [1.165, 1.54) is 0 Å². The van der Waals surface area contributed by atoms with Crippen LogP contribution >= 0.6 is 0 Å². The highest BCUT2D eigenvalue weighted by Crippen LogP contribution is 2.38. The van der Waals surface area contributed by atoms with Crippen LogP contribution in [-0.4, -0.2) is 12.4 Å². The summed E-state index contributed by atoms with van der Waals surface area (Å²) in [6.45, 7) is 1.80. The van der Waals surface area contributed by atoms with E-state index in [1.54, 1.807) is 37.3 Å². The first-order valence-corrected chi connectivity index (χ1v) is 8.47. The number of rotatable bonds is 4. The summed E-state index contributed by atoms with van der Waals surface area (Å²) in [4.78, 5) is 13.3. The highest BCUT2D eigenvalue weighted by atomic mass is 19.1. The average molecular weight is 382 g/mol. The van der Waals surface area contributed by atoms with Gasteiger partial charge in [-0.15, -0.1) is 0 Å². The van der Waals surface area contributed by atoms with Gasteiger partial charge in [0.15, 0.2) is 5.76 Å². The van der Waals surface area contributed by atoms with E-state index in [-0.39, 0.29) is 35.1 Å². The molecule has 0 saturated heterocycles. The van der Waals surface area contributed by atoms with Gasteiger partial charge in [-0.1, -0.05) is 36.4 Å². The second kappa shape index (κ2) is 7.92. The summed E-state index contributed by atoms with van der Waals surface area (Å²) in [5.74, 6) is -4.41. The van der Waals surface area contributed by atoms with Crippen LogP contribution < -0.4 is 5.73 Å². The zero-order valence-electron chi connectivity index (χ0n) is 14.9. The third kappa shape index (κ3) is 3.45. The second-order valence-electron chi connectivity index (χ2n) is 5.91. The number of allylic oxidation sites excluding steroid dienone is 2. The van der Waals surface area contributed by atoms with E-state index in [0.717, 1.165) is 12.1 Å². The monoisotopic (exact) mass is 382 g/mol. The fraction of sp³-hybridized carbons (Fsp3) is 0.143. The summed E-state index contributed by atoms with van der Waals surface area (Å²) >= 11 is 0. The topological polar surface area (TPSA) is 85.3 Å². The molecular formula is C21H16F2N2O3. The molecule has 0 aliphatic carbocycles. The molecule has 0 bridgehead atoms. The van der Waals surface area contributed by atoms with Gasteiger partial charge in [-0.25, -0.2) is 8.78 Å². The van der Waals surface area contributed by atoms with E-state index < -0.39 is 23.3 Å². The van der Waals surface area contributed by atoms with E-state index >= 15 is 0 Å². The molecule has 3 rings (SSSR count). The number of halogens is 2. The fourth-order valence-corrected chi connectivity index (χ4v) is 2.94. The molecular weight excluding hydrogens is 366 g/mol. The number of carbonyl (C=O) groups excluding carboxylic acids is 1. The number of hydrogen-bond acceptors (Lipinski definition) is 5. The van der Waals surface area contributed by atoms with Crippen LogP contribution in [0.3, 0.4) is 0 Å². The van der Waals surface area contributed by atoms with Gasteiger partial charge in [0.1, 0.15) is 23.3 Å². The van der Waals surface area contributed by atoms with E-state index in [9.17, 15) is 18.8 Å². The van der Waals surface area contributed by atoms with Crippen LogP contribution in [0.1, 0.15) is 24.0 Å². The zero-order valence-corrected chi connectivity index (χ0v) is 14.9. The standard InChI is InChI=1S/C21H16F2N2O3/c1-2-27-20-18(26)17(14-9-8-13(22)10-16(14)23)15(11-24)21(25)28-19(20)12-6-4-3-5-7-12/h3-10,17H,2,25H2,1H3. The lowest BCUT2D eigenvalue weighted by atomic mass is 9.86. The SMILES string of the molecule is CCOC1=C(c2ccccc2)OC(N)=C(C#N)C(c2ccc(F)cc2F)C1=O. The Morgan fingerprint density at radius 3 is 2.54 bits per heavy atom. The number of nitrogens with two attached hydrogens (primary N) is 1. The van der Waals surface area contributed by atoms with Crippen molar-refractivity contribution in [3.8, 4) is 6.07 Å². The van der Waals surface area contributed by atoms with Crippen molar-refractivity contribution in [2.24, 2.45) is 5.73 Å². The Kier molecular flexibility index (Phi) is 5.41. The molecule has 2 N–H and O–H groups in total. The molecule has 0 amide bonds. The van der Waals surface area contributed by atoms with Gasteiger partial charge in [0.25, 0.3) is 0 Å². The number of ketones is 1. The number of Topliss-reactive ketones (excluding diaryl/α,β-unsaturated/α-hetero) is 1. The normalized spacial score (nSPS) is 17.1. The Morgan fingerprint density at radius 2 is 1.93 bits per heavy atom. The molecule has 2 aromatic rings. The Morgan fingerprint density at radius 1 is 1.21 bits per heavy atom. The third-order valence-corrected chi connectivity index (χ3v) is 4.18. The van der Waals surface area contributed by atoms with Crippen molar-refractivity contribution in [3.05, 3.63) is 88.5 Å². The van der Waals surface area contributed by atoms with E-state index in [1.807, 2.05) is 6.07 Å². The lowest BCUT2D eigenvalue weighted by Gasteiger charge is -2.16. The molecule has 0 radical (unpaired) electrons. The molecule has 1 aliphatic rings. The zero-order chi connectivity index (χ0) is 20.3. The Bertz CT molecular complexity index is 1020. The quantitative estimate of drug-likeness (QED) is 0.871. The molecule has 0 aromatic heterocycles. The molecule has 7 heteroatoms. The first-order chi connectivity index (χ1) is 13.5. The Balaban J connectivity index is 2.26. The van der Waals surface area contributed by atoms with Crippen molar-refractivity contribution < 1.29 is 23.0 Å². The number of hydrogen-bond donors (Lipinski definition) is 1. The summed E-state index contributed by atoms with van der Waals surface area (Å²) in [6.07, 6.45) is 0. The molecule has 0 spiro atoms. The Hall–Kier alpha value is -3.66. The predicted octanol–water partition coefficient (Wildman–Crippen LogP) is 3.75. The molecule has 0 fully saturated rings. The molecule has 1 aliphatic heterocycles. The maximum atomic E-state index is 14.4. The minimum Gasteiger partial charge on any atom is -0.487 e. The van der Waals surface area contributed by atoms with Gasteiger partial charge in [0.2, 0.25) is 17.4 Å². The van der Waals surface area contributed by atoms with Crippen molar-refractivity contribution in [1.82, 2.24) is 0 Å². The summed E-state index contributed by atoms with van der Waals surface area (Å²) < 4.78 is 38.9. The van der Waals surface area contributed by atoms with Gasteiger partial charge < -0.3 is 15.2 Å². The van der Waals surface area contributed by atoms with Crippen LogP contribution in [0.5, 0.6) is 0 Å². The third-order valence-electron chi connectivity index (χ3n) is 4.18. The summed E-state index contributed by atoms with van der Waals surface area (Å²) in [5.41, 5.74) is 5.97. The molecule has 0 saturated carbocycles. The van der Waals surface area contributed by atoms with Crippen molar-refractivity contribution in [1.29, 1.82) is 5.26 Å². The van der Waals surface area contributed by atoms with Gasteiger partial charge in [-0.2, -0.15) is 5.26 Å². The van der Waals surface area contributed by atoms with E-state index in [4.69, 9.17) is 15.2 Å². The first-order valence-electron chi connectivity index (χ1n) is 8.47. The maximum absolute atomic E-state index is 14.4. The smallest absolute Gasteiger partial charge is 0.214 e. The molecule has 1 atom stereocenters. The van der Waals surface area contributed by atoms with Crippen LogP contribution in [0.2, 0.25) is 0 Å². The summed E-state index contributed by atoms with van der Waals surface area (Å²) in [7, 11) is 0. The molecule has 2 aromatic carbocycles. The summed E-state index contributed by atoms with van der Waals surface area (Å²) in [6, 6.07) is 13.2. The first kappa shape index (κ1) is 19.1. The summed E-state index contributed by atoms with van der Waals surface area (Å²) in [5, 5.41) is 9.58. The van der Waals surface area contributed by atoms with Gasteiger partial charge in [0.05, 0.1) is 12.5 Å². The largest absolute Gasteiger partial charge is 0.487 e. The second-order valence-corrected chi connectivity index (χ2v) is 5.91. The molecule has 1 heterocycles. The Labute approximate surface area is 160 Å². The number of ether oxygens (including phenoxy) is 2. The van der Waals surface area contributed by atoms with Crippen molar-refractivity contribution in [2.45, 2.75) is 12.8 Å². The number of nitriles is 1. The molecule has 142 valence electrons. The minimum absolute atomic E-state index is 0.0303. The molecule has 1 unspecified atom stereocenters. The lowest BCUT2D eigenvalue weighted by Crippen LogP contribution is -2.20. The highest BCUT2D eigenvalue weighted by Gasteiger charge is 2.38. The van der Waals surface area contributed by atoms with Crippen molar-refractivity contribution >= 4 is 11.5 Å². The minimum atomic E-state index is -1.42. The van der Waals surface area contributed by atoms with Crippen LogP contribution in [0.25, 0.3) is 5.76 Å². The molecule has 5 nitrogen and oxygen atoms in total. The molecule has 28 heavy (non-hydrogen) atoms. The van der Waals surface area contributed by atoms with Gasteiger partial charge in [-0.3, -0.25) is 4.79 Å².